The molecule has 0 bridgehead atoms. The second-order valence-electron chi connectivity index (χ2n) is 1.73. The van der Waals surface area contributed by atoms with Crippen LogP contribution >= 0.6 is 0 Å². The number of rotatable bonds is 2. The van der Waals surface area contributed by atoms with Crippen molar-refractivity contribution in [2.45, 2.75) is 6.73 Å². The molecule has 0 saturated heterocycles. The Bertz CT molecular complexity index is 184. The standard InChI is InChI=1S/C5H9N3O/c1-9-4-8-2-5(6)7-3-8/h2-3H,4,6H2,1H3. The molecule has 0 spiro atoms. The summed E-state index contributed by atoms with van der Waals surface area (Å²) in [7, 11) is 1.62. The van der Waals surface area contributed by atoms with Crippen LogP contribution in [0.25, 0.3) is 0 Å². The Labute approximate surface area is 53.3 Å². The minimum atomic E-state index is 0.504. The van der Waals surface area contributed by atoms with Gasteiger partial charge in [-0.1, -0.05) is 0 Å². The summed E-state index contributed by atoms with van der Waals surface area (Å²) in [5.41, 5.74) is 5.32. The Hall–Kier alpha value is -1.03. The fraction of sp³-hybridized carbons (Fsp3) is 0.400. The number of hydrogen-bond donors (Lipinski definition) is 1. The summed E-state index contributed by atoms with van der Waals surface area (Å²) in [5, 5.41) is 0. The zero-order valence-corrected chi connectivity index (χ0v) is 5.24. The number of ether oxygens (including phenoxy) is 1. The molecule has 1 aromatic rings. The summed E-state index contributed by atoms with van der Waals surface area (Å²) in [5.74, 6) is 0.520. The zero-order chi connectivity index (χ0) is 6.69. The number of hydrogen-bond acceptors (Lipinski definition) is 3. The van der Waals surface area contributed by atoms with Crippen molar-refractivity contribution in [2.24, 2.45) is 0 Å². The Kier molecular flexibility index (Phi) is 1.69. The molecule has 2 N–H and O–H groups in total. The maximum absolute atomic E-state index is 5.32. The van der Waals surface area contributed by atoms with Crippen molar-refractivity contribution in [3.63, 3.8) is 0 Å². The van der Waals surface area contributed by atoms with Crippen LogP contribution in [0.4, 0.5) is 5.82 Å². The molecule has 9 heavy (non-hydrogen) atoms. The minimum Gasteiger partial charge on any atom is -0.382 e. The number of imidazole rings is 1. The van der Waals surface area contributed by atoms with E-state index in [0.29, 0.717) is 12.5 Å². The molecule has 4 nitrogen and oxygen atoms in total. The van der Waals surface area contributed by atoms with E-state index in [2.05, 4.69) is 4.98 Å². The number of anilines is 1. The number of nitrogen functional groups attached to an aromatic ring is 1. The Balaban J connectivity index is 2.61. The quantitative estimate of drug-likeness (QED) is 0.611. The van der Waals surface area contributed by atoms with Crippen LogP contribution in [-0.2, 0) is 11.5 Å². The second kappa shape index (κ2) is 2.50. The topological polar surface area (TPSA) is 53.1 Å². The lowest BCUT2D eigenvalue weighted by atomic mass is 10.8. The van der Waals surface area contributed by atoms with Crippen LogP contribution in [0.5, 0.6) is 0 Å². The van der Waals surface area contributed by atoms with E-state index in [1.807, 2.05) is 0 Å². The maximum Gasteiger partial charge on any atom is 0.141 e. The summed E-state index contributed by atoms with van der Waals surface area (Å²) in [4.78, 5) is 3.80. The van der Waals surface area contributed by atoms with Gasteiger partial charge in [0.1, 0.15) is 12.5 Å². The molecule has 1 heterocycles. The van der Waals surface area contributed by atoms with E-state index >= 15 is 0 Å². The highest BCUT2D eigenvalue weighted by atomic mass is 16.5. The van der Waals surface area contributed by atoms with Crippen molar-refractivity contribution in [1.29, 1.82) is 0 Å². The van der Waals surface area contributed by atoms with Gasteiger partial charge in [0.15, 0.2) is 0 Å². The van der Waals surface area contributed by atoms with E-state index in [1.165, 1.54) is 0 Å². The summed E-state index contributed by atoms with van der Waals surface area (Å²) in [6.45, 7) is 0.504. The number of nitrogens with zero attached hydrogens (tertiary/aromatic N) is 2. The molecule has 0 aliphatic rings. The molecule has 4 heteroatoms. The van der Waals surface area contributed by atoms with Crippen LogP contribution in [-0.4, -0.2) is 16.7 Å². The number of methoxy groups -OCH3 is 1. The molecule has 0 radical (unpaired) electrons. The zero-order valence-electron chi connectivity index (χ0n) is 5.24. The molecule has 0 aromatic carbocycles. The fourth-order valence-corrected chi connectivity index (χ4v) is 0.597. The van der Waals surface area contributed by atoms with Crippen molar-refractivity contribution in [2.75, 3.05) is 12.8 Å². The molecule has 1 rings (SSSR count). The third-order valence-corrected chi connectivity index (χ3v) is 0.931. The van der Waals surface area contributed by atoms with Gasteiger partial charge < -0.3 is 15.0 Å². The van der Waals surface area contributed by atoms with Gasteiger partial charge in [-0.2, -0.15) is 0 Å². The highest BCUT2D eigenvalue weighted by Crippen LogP contribution is 1.94. The van der Waals surface area contributed by atoms with Crippen LogP contribution in [0.3, 0.4) is 0 Å². The van der Waals surface area contributed by atoms with E-state index in [9.17, 15) is 0 Å². The van der Waals surface area contributed by atoms with E-state index in [1.54, 1.807) is 24.2 Å². The average Bonchev–Trinajstić information content (AvgIpc) is 2.17. The van der Waals surface area contributed by atoms with Gasteiger partial charge in [-0.05, 0) is 0 Å². The molecule has 0 unspecified atom stereocenters. The summed E-state index contributed by atoms with van der Waals surface area (Å²) in [6.07, 6.45) is 3.34. The smallest absolute Gasteiger partial charge is 0.141 e. The Morgan fingerprint density at radius 3 is 3.11 bits per heavy atom. The van der Waals surface area contributed by atoms with Crippen LogP contribution in [0.2, 0.25) is 0 Å². The molecule has 0 aliphatic heterocycles. The van der Waals surface area contributed by atoms with Crippen LogP contribution < -0.4 is 5.73 Å². The monoisotopic (exact) mass is 127 g/mol. The molecule has 1 aromatic heterocycles. The van der Waals surface area contributed by atoms with Gasteiger partial charge in [0.05, 0.1) is 6.33 Å². The van der Waals surface area contributed by atoms with Crippen molar-refractivity contribution in [1.82, 2.24) is 9.55 Å². The average molecular weight is 127 g/mol. The number of aromatic nitrogens is 2. The van der Waals surface area contributed by atoms with Crippen LogP contribution in [0.1, 0.15) is 0 Å². The predicted molar refractivity (Wildman–Crippen MR) is 33.6 cm³/mol. The van der Waals surface area contributed by atoms with E-state index < -0.39 is 0 Å². The van der Waals surface area contributed by atoms with Gasteiger partial charge in [0.25, 0.3) is 0 Å². The third-order valence-electron chi connectivity index (χ3n) is 0.931. The first-order chi connectivity index (χ1) is 4.33. The lowest BCUT2D eigenvalue weighted by Gasteiger charge is -1.95. The Morgan fingerprint density at radius 1 is 1.89 bits per heavy atom. The normalized spacial score (nSPS) is 9.89. The highest BCUT2D eigenvalue weighted by Gasteiger charge is 1.89. The van der Waals surface area contributed by atoms with E-state index in [0.717, 1.165) is 0 Å². The van der Waals surface area contributed by atoms with Gasteiger partial charge in [0.2, 0.25) is 0 Å². The van der Waals surface area contributed by atoms with Gasteiger partial charge in [-0.15, -0.1) is 0 Å². The number of nitrogens with two attached hydrogens (primary N) is 1. The largest absolute Gasteiger partial charge is 0.382 e. The molecule has 0 amide bonds. The van der Waals surface area contributed by atoms with Crippen molar-refractivity contribution >= 4 is 5.82 Å². The lowest BCUT2D eigenvalue weighted by Crippen LogP contribution is -1.95. The van der Waals surface area contributed by atoms with Gasteiger partial charge in [-0.25, -0.2) is 4.98 Å². The lowest BCUT2D eigenvalue weighted by molar-refractivity contribution is 0.131. The summed E-state index contributed by atoms with van der Waals surface area (Å²) in [6, 6.07) is 0. The van der Waals surface area contributed by atoms with Gasteiger partial charge >= 0.3 is 0 Å². The first-order valence-electron chi connectivity index (χ1n) is 2.59. The maximum atomic E-state index is 5.32. The first-order valence-corrected chi connectivity index (χ1v) is 2.59. The van der Waals surface area contributed by atoms with E-state index in [-0.39, 0.29) is 0 Å². The summed E-state index contributed by atoms with van der Waals surface area (Å²) < 4.78 is 6.57. The van der Waals surface area contributed by atoms with Crippen molar-refractivity contribution < 1.29 is 4.74 Å². The highest BCUT2D eigenvalue weighted by molar-refractivity contribution is 5.22. The summed E-state index contributed by atoms with van der Waals surface area (Å²) >= 11 is 0. The molecule has 0 aliphatic carbocycles. The molecular weight excluding hydrogens is 118 g/mol. The molecule has 0 saturated carbocycles. The molecule has 50 valence electrons. The second-order valence-corrected chi connectivity index (χ2v) is 1.73. The van der Waals surface area contributed by atoms with E-state index in [4.69, 9.17) is 10.5 Å². The predicted octanol–water partition coefficient (Wildman–Crippen LogP) is 0.0692. The van der Waals surface area contributed by atoms with Gasteiger partial charge in [0, 0.05) is 13.3 Å². The molecular formula is C5H9N3O. The van der Waals surface area contributed by atoms with Gasteiger partial charge in [-0.3, -0.25) is 0 Å². The van der Waals surface area contributed by atoms with Crippen LogP contribution in [0, 0.1) is 0 Å². The first kappa shape index (κ1) is 6.10. The SMILES string of the molecule is COCn1cnc(N)c1. The molecule has 0 atom stereocenters. The minimum absolute atomic E-state index is 0.504. The van der Waals surface area contributed by atoms with Crippen LogP contribution in [0.15, 0.2) is 12.5 Å². The van der Waals surface area contributed by atoms with Crippen molar-refractivity contribution in [3.8, 4) is 0 Å². The molecule has 0 fully saturated rings. The Morgan fingerprint density at radius 2 is 2.67 bits per heavy atom. The third kappa shape index (κ3) is 1.43. The van der Waals surface area contributed by atoms with Crippen molar-refractivity contribution in [3.05, 3.63) is 12.5 Å². The fourth-order valence-electron chi connectivity index (χ4n) is 0.597.